The van der Waals surface area contributed by atoms with Gasteiger partial charge in [0.2, 0.25) is 0 Å². The summed E-state index contributed by atoms with van der Waals surface area (Å²) in [5.74, 6) is 0. The van der Waals surface area contributed by atoms with Gasteiger partial charge < -0.3 is 5.73 Å². The highest BCUT2D eigenvalue weighted by atomic mass is 32.1. The third kappa shape index (κ3) is 2.97. The quantitative estimate of drug-likeness (QED) is 0.608. The Hall–Kier alpha value is 0.200. The SMILES string of the molecule is NCC(F)CN1CCC(S)C1. The Morgan fingerprint density at radius 2 is 2.45 bits per heavy atom. The molecule has 0 aromatic heterocycles. The highest BCUT2D eigenvalue weighted by molar-refractivity contribution is 7.81. The van der Waals surface area contributed by atoms with Gasteiger partial charge in [-0.05, 0) is 13.0 Å². The lowest BCUT2D eigenvalue weighted by Crippen LogP contribution is -2.32. The van der Waals surface area contributed by atoms with Crippen molar-refractivity contribution in [2.75, 3.05) is 26.2 Å². The topological polar surface area (TPSA) is 29.3 Å². The molecule has 66 valence electrons. The molecule has 1 heterocycles. The van der Waals surface area contributed by atoms with Crippen LogP contribution >= 0.6 is 12.6 Å². The standard InChI is InChI=1S/C7H15FN2S/c8-6(3-9)4-10-2-1-7(11)5-10/h6-7,11H,1-5,9H2. The highest BCUT2D eigenvalue weighted by Crippen LogP contribution is 2.14. The average Bonchev–Trinajstić information content (AvgIpc) is 2.35. The van der Waals surface area contributed by atoms with E-state index in [4.69, 9.17) is 5.73 Å². The molecule has 1 rings (SSSR count). The second kappa shape index (κ2) is 4.28. The van der Waals surface area contributed by atoms with Gasteiger partial charge in [0, 0.05) is 24.9 Å². The number of thiol groups is 1. The van der Waals surface area contributed by atoms with Gasteiger partial charge in [-0.2, -0.15) is 12.6 Å². The maximum Gasteiger partial charge on any atom is 0.125 e. The van der Waals surface area contributed by atoms with Crippen molar-refractivity contribution in [3.05, 3.63) is 0 Å². The van der Waals surface area contributed by atoms with Crippen LogP contribution in [0.5, 0.6) is 0 Å². The average molecular weight is 178 g/mol. The molecule has 0 aromatic rings. The summed E-state index contributed by atoms with van der Waals surface area (Å²) in [5, 5.41) is 0.431. The molecule has 0 bridgehead atoms. The molecule has 2 atom stereocenters. The minimum Gasteiger partial charge on any atom is -0.328 e. The van der Waals surface area contributed by atoms with Gasteiger partial charge in [-0.15, -0.1) is 0 Å². The molecular formula is C7H15FN2S. The van der Waals surface area contributed by atoms with Crippen LogP contribution in [0.15, 0.2) is 0 Å². The van der Waals surface area contributed by atoms with E-state index in [0.29, 0.717) is 11.8 Å². The van der Waals surface area contributed by atoms with Gasteiger partial charge in [0.15, 0.2) is 0 Å². The summed E-state index contributed by atoms with van der Waals surface area (Å²) in [4.78, 5) is 2.08. The Morgan fingerprint density at radius 1 is 1.73 bits per heavy atom. The summed E-state index contributed by atoms with van der Waals surface area (Å²) in [5.41, 5.74) is 5.16. The number of halogens is 1. The van der Waals surface area contributed by atoms with Crippen molar-refractivity contribution in [3.8, 4) is 0 Å². The molecule has 11 heavy (non-hydrogen) atoms. The molecular weight excluding hydrogens is 163 g/mol. The molecule has 0 amide bonds. The van der Waals surface area contributed by atoms with Crippen molar-refractivity contribution in [1.29, 1.82) is 0 Å². The van der Waals surface area contributed by atoms with Gasteiger partial charge in [-0.25, -0.2) is 4.39 Å². The second-order valence-corrected chi connectivity index (χ2v) is 3.77. The van der Waals surface area contributed by atoms with E-state index in [9.17, 15) is 4.39 Å². The van der Waals surface area contributed by atoms with Gasteiger partial charge in [-0.3, -0.25) is 4.90 Å². The van der Waals surface area contributed by atoms with Crippen molar-refractivity contribution < 1.29 is 4.39 Å². The van der Waals surface area contributed by atoms with Crippen LogP contribution in [-0.4, -0.2) is 42.5 Å². The molecule has 0 radical (unpaired) electrons. The first-order valence-electron chi connectivity index (χ1n) is 3.97. The Balaban J connectivity index is 2.17. The summed E-state index contributed by atoms with van der Waals surface area (Å²) < 4.78 is 12.7. The first kappa shape index (κ1) is 9.29. The zero-order valence-electron chi connectivity index (χ0n) is 6.54. The van der Waals surface area contributed by atoms with Crippen LogP contribution in [0.2, 0.25) is 0 Å². The number of hydrogen-bond donors (Lipinski definition) is 2. The molecule has 2 N–H and O–H groups in total. The van der Waals surface area contributed by atoms with Gasteiger partial charge in [-0.1, -0.05) is 0 Å². The molecule has 0 aromatic carbocycles. The van der Waals surface area contributed by atoms with Gasteiger partial charge >= 0.3 is 0 Å². The third-order valence-corrected chi connectivity index (χ3v) is 2.38. The molecule has 1 aliphatic heterocycles. The number of alkyl halides is 1. The molecule has 2 nitrogen and oxygen atoms in total. The minimum atomic E-state index is -0.867. The molecule has 0 aliphatic carbocycles. The zero-order chi connectivity index (χ0) is 8.27. The normalized spacial score (nSPS) is 29.2. The third-order valence-electron chi connectivity index (χ3n) is 1.96. The van der Waals surface area contributed by atoms with Crippen LogP contribution < -0.4 is 5.73 Å². The first-order valence-corrected chi connectivity index (χ1v) is 4.48. The fourth-order valence-corrected chi connectivity index (χ4v) is 1.68. The number of rotatable bonds is 3. The molecule has 4 heteroatoms. The fourth-order valence-electron chi connectivity index (χ4n) is 1.33. The number of nitrogens with zero attached hydrogens (tertiary/aromatic N) is 1. The highest BCUT2D eigenvalue weighted by Gasteiger charge is 2.21. The minimum absolute atomic E-state index is 0.133. The number of hydrogen-bond acceptors (Lipinski definition) is 3. The van der Waals surface area contributed by atoms with Gasteiger partial charge in [0.25, 0.3) is 0 Å². The summed E-state index contributed by atoms with van der Waals surface area (Å²) in [7, 11) is 0. The molecule has 1 fully saturated rings. The van der Waals surface area contributed by atoms with E-state index < -0.39 is 6.17 Å². The maximum atomic E-state index is 12.7. The first-order chi connectivity index (χ1) is 5.22. The monoisotopic (exact) mass is 178 g/mol. The predicted molar refractivity (Wildman–Crippen MR) is 47.8 cm³/mol. The molecule has 1 saturated heterocycles. The lowest BCUT2D eigenvalue weighted by Gasteiger charge is -2.16. The second-order valence-electron chi connectivity index (χ2n) is 3.04. The Bertz CT molecular complexity index is 123. The summed E-state index contributed by atoms with van der Waals surface area (Å²) in [6, 6.07) is 0. The number of likely N-dealkylation sites (tertiary alicyclic amines) is 1. The summed E-state index contributed by atoms with van der Waals surface area (Å²) in [6.45, 7) is 2.49. The Labute approximate surface area is 72.3 Å². The number of nitrogens with two attached hydrogens (primary N) is 1. The smallest absolute Gasteiger partial charge is 0.125 e. The van der Waals surface area contributed by atoms with Crippen molar-refractivity contribution >= 4 is 12.6 Å². The van der Waals surface area contributed by atoms with Crippen LogP contribution in [0, 0.1) is 0 Å². The summed E-state index contributed by atoms with van der Waals surface area (Å²) in [6.07, 6.45) is 0.203. The zero-order valence-corrected chi connectivity index (χ0v) is 7.43. The van der Waals surface area contributed by atoms with Crippen molar-refractivity contribution in [1.82, 2.24) is 4.90 Å². The van der Waals surface area contributed by atoms with Crippen molar-refractivity contribution in [2.45, 2.75) is 17.8 Å². The predicted octanol–water partition coefficient (Wildman–Crippen LogP) is 0.287. The maximum absolute atomic E-state index is 12.7. The molecule has 1 aliphatic rings. The van der Waals surface area contributed by atoms with Crippen LogP contribution in [0.1, 0.15) is 6.42 Å². The van der Waals surface area contributed by atoms with Crippen LogP contribution in [-0.2, 0) is 0 Å². The molecule has 0 spiro atoms. The van der Waals surface area contributed by atoms with E-state index in [1.165, 1.54) is 0 Å². The van der Waals surface area contributed by atoms with E-state index in [-0.39, 0.29) is 6.54 Å². The van der Waals surface area contributed by atoms with E-state index in [1.54, 1.807) is 0 Å². The molecule has 0 saturated carbocycles. The van der Waals surface area contributed by atoms with Gasteiger partial charge in [0.05, 0.1) is 0 Å². The Morgan fingerprint density at radius 3 is 2.91 bits per heavy atom. The van der Waals surface area contributed by atoms with E-state index in [0.717, 1.165) is 19.5 Å². The Kier molecular flexibility index (Phi) is 3.62. The van der Waals surface area contributed by atoms with Crippen LogP contribution in [0.25, 0.3) is 0 Å². The van der Waals surface area contributed by atoms with E-state index in [1.807, 2.05) is 0 Å². The van der Waals surface area contributed by atoms with E-state index >= 15 is 0 Å². The van der Waals surface area contributed by atoms with Crippen LogP contribution in [0.3, 0.4) is 0 Å². The fraction of sp³-hybridized carbons (Fsp3) is 1.00. The van der Waals surface area contributed by atoms with Crippen molar-refractivity contribution in [3.63, 3.8) is 0 Å². The molecule has 2 unspecified atom stereocenters. The lowest BCUT2D eigenvalue weighted by molar-refractivity contribution is 0.226. The lowest BCUT2D eigenvalue weighted by atomic mass is 10.3. The largest absolute Gasteiger partial charge is 0.328 e. The van der Waals surface area contributed by atoms with Crippen molar-refractivity contribution in [2.24, 2.45) is 5.73 Å². The van der Waals surface area contributed by atoms with Crippen LogP contribution in [0.4, 0.5) is 4.39 Å². The van der Waals surface area contributed by atoms with Gasteiger partial charge in [0.1, 0.15) is 6.17 Å². The summed E-state index contributed by atoms with van der Waals surface area (Å²) >= 11 is 4.31. The van der Waals surface area contributed by atoms with E-state index in [2.05, 4.69) is 17.5 Å².